The Kier molecular flexibility index (Phi) is 12.8. The second-order valence-corrected chi connectivity index (χ2v) is 15.2. The summed E-state index contributed by atoms with van der Waals surface area (Å²) in [4.78, 5) is 0. The molecule has 0 N–H and O–H groups in total. The molecule has 0 saturated carbocycles. The molecule has 0 aromatic heterocycles. The molecule has 0 aliphatic heterocycles. The molecule has 314 valence electrons. The van der Waals surface area contributed by atoms with Crippen molar-refractivity contribution in [1.29, 1.82) is 0 Å². The third-order valence-electron chi connectivity index (χ3n) is 10.9. The van der Waals surface area contributed by atoms with E-state index in [0.717, 1.165) is 91.0 Å². The average Bonchev–Trinajstić information content (AvgIpc) is 3.32. The van der Waals surface area contributed by atoms with Crippen molar-refractivity contribution in [3.8, 4) is 11.1 Å². The molecule has 0 heterocycles. The minimum absolute atomic E-state index is 0.686. The van der Waals surface area contributed by atoms with Crippen LogP contribution in [0.2, 0.25) is 0 Å². The van der Waals surface area contributed by atoms with Crippen molar-refractivity contribution in [1.82, 2.24) is 0 Å². The quantitative estimate of drug-likeness (QED) is 0.0898. The SMILES string of the molecule is FC(F)(F)c1ccc(/C(=C\c2ccccc2C=Cc2ccc(-c3ccc(C=Cc4ccccc4/C=C(/c4ccccc4)c4ccc(C(F)(F)F)cc4)cc3)cc2)c2ccccc2)cc1. The van der Waals surface area contributed by atoms with Gasteiger partial charge in [0.15, 0.2) is 0 Å². The molecule has 0 saturated heterocycles. The topological polar surface area (TPSA) is 0 Å². The first kappa shape index (κ1) is 43.0. The Morgan fingerprint density at radius 1 is 0.281 bits per heavy atom. The summed E-state index contributed by atoms with van der Waals surface area (Å²) in [5.74, 6) is 0. The van der Waals surface area contributed by atoms with Crippen LogP contribution < -0.4 is 0 Å². The van der Waals surface area contributed by atoms with E-state index in [9.17, 15) is 26.3 Å². The minimum Gasteiger partial charge on any atom is -0.166 e. The number of hydrogen-bond donors (Lipinski definition) is 0. The second kappa shape index (κ2) is 19.1. The summed E-state index contributed by atoms with van der Waals surface area (Å²) in [6.45, 7) is 0. The highest BCUT2D eigenvalue weighted by Crippen LogP contribution is 2.35. The summed E-state index contributed by atoms with van der Waals surface area (Å²) in [6.07, 6.45) is 3.39. The van der Waals surface area contributed by atoms with Crippen LogP contribution in [0.5, 0.6) is 0 Å². The van der Waals surface area contributed by atoms with Crippen molar-refractivity contribution in [2.75, 3.05) is 0 Å². The van der Waals surface area contributed by atoms with Gasteiger partial charge in [0.2, 0.25) is 0 Å². The molecular weight excluding hydrogens is 811 g/mol. The Morgan fingerprint density at radius 3 is 0.906 bits per heavy atom. The van der Waals surface area contributed by atoms with E-state index >= 15 is 0 Å². The monoisotopic (exact) mass is 850 g/mol. The summed E-state index contributed by atoms with van der Waals surface area (Å²) in [7, 11) is 0. The third-order valence-corrected chi connectivity index (χ3v) is 10.9. The predicted octanol–water partition coefficient (Wildman–Crippen LogP) is 16.9. The molecule has 0 nitrogen and oxygen atoms in total. The van der Waals surface area contributed by atoms with Crippen LogP contribution in [0.3, 0.4) is 0 Å². The molecule has 0 fully saturated rings. The highest BCUT2D eigenvalue weighted by Gasteiger charge is 2.31. The van der Waals surface area contributed by atoms with Crippen LogP contribution in [0.1, 0.15) is 66.8 Å². The van der Waals surface area contributed by atoms with Gasteiger partial charge in [-0.1, -0.05) is 206 Å². The summed E-state index contributed by atoms with van der Waals surface area (Å²) in [5, 5.41) is 0. The van der Waals surface area contributed by atoms with E-state index in [1.807, 2.05) is 146 Å². The van der Waals surface area contributed by atoms with Gasteiger partial charge in [-0.25, -0.2) is 0 Å². The van der Waals surface area contributed by atoms with Crippen LogP contribution in [0, 0.1) is 0 Å². The first-order valence-electron chi connectivity index (χ1n) is 20.6. The van der Waals surface area contributed by atoms with Gasteiger partial charge in [0.05, 0.1) is 11.1 Å². The van der Waals surface area contributed by atoms with E-state index in [4.69, 9.17) is 0 Å². The Balaban J connectivity index is 0.987. The van der Waals surface area contributed by atoms with Crippen molar-refractivity contribution < 1.29 is 26.3 Å². The summed E-state index contributed by atoms with van der Waals surface area (Å²) >= 11 is 0. The van der Waals surface area contributed by atoms with Crippen LogP contribution >= 0.6 is 0 Å². The first-order valence-corrected chi connectivity index (χ1v) is 20.6. The fraction of sp³-hybridized carbons (Fsp3) is 0.0345. The van der Waals surface area contributed by atoms with Crippen molar-refractivity contribution >= 4 is 47.6 Å². The molecule has 8 rings (SSSR count). The van der Waals surface area contributed by atoms with Crippen LogP contribution in [0.25, 0.3) is 58.7 Å². The number of rotatable bonds is 11. The van der Waals surface area contributed by atoms with Crippen molar-refractivity contribution in [3.63, 3.8) is 0 Å². The molecule has 0 atom stereocenters. The lowest BCUT2D eigenvalue weighted by atomic mass is 9.93. The van der Waals surface area contributed by atoms with Gasteiger partial charge < -0.3 is 0 Å². The molecule has 64 heavy (non-hydrogen) atoms. The fourth-order valence-corrected chi connectivity index (χ4v) is 7.42. The maximum atomic E-state index is 13.4. The molecule has 0 bridgehead atoms. The zero-order chi connectivity index (χ0) is 44.5. The second-order valence-electron chi connectivity index (χ2n) is 15.2. The van der Waals surface area contributed by atoms with Crippen LogP contribution in [-0.4, -0.2) is 0 Å². The summed E-state index contributed by atoms with van der Waals surface area (Å²) in [6, 6.07) is 62.3. The standard InChI is InChI=1S/C58H40F6/c59-57(60,61)53-35-31-49(32-36-53)55(47-13-3-1-4-14-47)39-51-17-9-7-11-43(51)25-19-41-21-27-45(28-22-41)46-29-23-42(24-30-46)20-26-44-12-8-10-18-52(44)40-56(48-15-5-2-6-16-48)50-33-37-54(38-34-50)58(62,63)64/h1-40H/b25-19?,26-20?,55-39-,56-40-. The first-order chi connectivity index (χ1) is 31.0. The van der Waals surface area contributed by atoms with Gasteiger partial charge in [-0.2, -0.15) is 26.3 Å². The smallest absolute Gasteiger partial charge is 0.166 e. The summed E-state index contributed by atoms with van der Waals surface area (Å²) in [5.41, 5.74) is 11.3. The third kappa shape index (κ3) is 10.7. The molecule has 0 aliphatic carbocycles. The number of hydrogen-bond acceptors (Lipinski definition) is 0. The largest absolute Gasteiger partial charge is 0.416 e. The molecule has 0 aliphatic rings. The van der Waals surface area contributed by atoms with Gasteiger partial charge in [-0.3, -0.25) is 0 Å². The van der Waals surface area contributed by atoms with Crippen LogP contribution in [0.15, 0.2) is 206 Å². The highest BCUT2D eigenvalue weighted by atomic mass is 19.4. The molecule has 0 amide bonds. The van der Waals surface area contributed by atoms with E-state index in [2.05, 4.69) is 48.5 Å². The summed E-state index contributed by atoms with van der Waals surface area (Å²) < 4.78 is 80.2. The lowest BCUT2D eigenvalue weighted by molar-refractivity contribution is -0.138. The number of alkyl halides is 6. The van der Waals surface area contributed by atoms with E-state index < -0.39 is 23.5 Å². The average molecular weight is 851 g/mol. The Morgan fingerprint density at radius 2 is 0.578 bits per heavy atom. The van der Waals surface area contributed by atoms with Gasteiger partial charge >= 0.3 is 12.4 Å². The molecule has 8 aromatic rings. The fourth-order valence-electron chi connectivity index (χ4n) is 7.42. The highest BCUT2D eigenvalue weighted by molar-refractivity contribution is 5.94. The molecule has 6 heteroatoms. The molecule has 0 unspecified atom stereocenters. The Bertz CT molecular complexity index is 2730. The zero-order valence-corrected chi connectivity index (χ0v) is 34.4. The van der Waals surface area contributed by atoms with Gasteiger partial charge in [0.25, 0.3) is 0 Å². The van der Waals surface area contributed by atoms with Crippen LogP contribution in [-0.2, 0) is 12.4 Å². The normalized spacial score (nSPS) is 12.6. The maximum Gasteiger partial charge on any atom is 0.416 e. The lowest BCUT2D eigenvalue weighted by Gasteiger charge is -2.12. The van der Waals surface area contributed by atoms with Crippen molar-refractivity contribution in [2.24, 2.45) is 0 Å². The Hall–Kier alpha value is -7.70. The van der Waals surface area contributed by atoms with E-state index in [1.54, 1.807) is 0 Å². The minimum atomic E-state index is -4.41. The molecule has 0 radical (unpaired) electrons. The molecule has 8 aromatic carbocycles. The van der Waals surface area contributed by atoms with E-state index in [1.165, 1.54) is 24.3 Å². The van der Waals surface area contributed by atoms with Gasteiger partial charge in [-0.05, 0) is 114 Å². The van der Waals surface area contributed by atoms with Crippen molar-refractivity contribution in [2.45, 2.75) is 12.4 Å². The van der Waals surface area contributed by atoms with Gasteiger partial charge in [0.1, 0.15) is 0 Å². The lowest BCUT2D eigenvalue weighted by Crippen LogP contribution is -2.04. The van der Waals surface area contributed by atoms with Gasteiger partial charge in [0, 0.05) is 0 Å². The van der Waals surface area contributed by atoms with Crippen LogP contribution in [0.4, 0.5) is 26.3 Å². The van der Waals surface area contributed by atoms with Gasteiger partial charge in [-0.15, -0.1) is 0 Å². The molecular formula is C58H40F6. The van der Waals surface area contributed by atoms with Crippen molar-refractivity contribution in [3.05, 3.63) is 273 Å². The zero-order valence-electron chi connectivity index (χ0n) is 34.4. The van der Waals surface area contributed by atoms with E-state index in [0.29, 0.717) is 11.1 Å². The number of benzene rings is 8. The van der Waals surface area contributed by atoms with E-state index in [-0.39, 0.29) is 0 Å². The number of halogens is 6. The Labute approximate surface area is 369 Å². The molecule has 0 spiro atoms. The predicted molar refractivity (Wildman–Crippen MR) is 252 cm³/mol. The maximum absolute atomic E-state index is 13.4.